The largest absolute Gasteiger partial charge is 0.493 e. The summed E-state index contributed by atoms with van der Waals surface area (Å²) in [6, 6.07) is 15.4. The fourth-order valence-corrected chi connectivity index (χ4v) is 5.42. The Morgan fingerprint density at radius 1 is 1.15 bits per heavy atom. The fourth-order valence-electron chi connectivity index (χ4n) is 5.42. The molecule has 3 N–H and O–H groups in total. The standard InChI is InChI=1S/C29H32N8O2/c1-19-5-3-8-22-23(10-16-39-25(19)22)32-27(38)20-6-4-7-21(17-20)34-29(11-14-37(2)15-12-29)28-33-26(35-36-28)24-9-13-30-18-31-24/h3-9,13,17-18,23,34H,10-12,14-16H2,1-2H3,(H,32,38)(H,33,35,36)/t23-/m0/s1. The summed E-state index contributed by atoms with van der Waals surface area (Å²) in [5, 5.41) is 14.6. The monoisotopic (exact) mass is 524 g/mol. The molecule has 0 aliphatic carbocycles. The molecule has 0 unspecified atom stereocenters. The molecule has 39 heavy (non-hydrogen) atoms. The molecule has 0 spiro atoms. The number of H-pyrrole nitrogens is 1. The van der Waals surface area contributed by atoms with Gasteiger partial charge >= 0.3 is 0 Å². The number of amides is 1. The molecule has 10 nitrogen and oxygen atoms in total. The van der Waals surface area contributed by atoms with Crippen LogP contribution in [0.3, 0.4) is 0 Å². The smallest absolute Gasteiger partial charge is 0.251 e. The highest BCUT2D eigenvalue weighted by molar-refractivity contribution is 5.95. The number of nitrogens with one attached hydrogen (secondary N) is 3. The second-order valence-corrected chi connectivity index (χ2v) is 10.3. The minimum atomic E-state index is -0.461. The number of ether oxygens (including phenoxy) is 1. The fraction of sp³-hybridized carbons (Fsp3) is 0.345. The number of carbonyl (C=O) groups excluding carboxylic acids is 1. The lowest BCUT2D eigenvalue weighted by atomic mass is 9.86. The van der Waals surface area contributed by atoms with Crippen molar-refractivity contribution in [2.45, 2.75) is 37.8 Å². The first-order chi connectivity index (χ1) is 19.0. The normalized spacial score (nSPS) is 18.6. The first-order valence-corrected chi connectivity index (χ1v) is 13.3. The van der Waals surface area contributed by atoms with Gasteiger partial charge in [-0.2, -0.15) is 5.10 Å². The third-order valence-corrected chi connectivity index (χ3v) is 7.67. The predicted octanol–water partition coefficient (Wildman–Crippen LogP) is 3.86. The number of fused-ring (bicyclic) bond motifs is 1. The Hall–Kier alpha value is -4.31. The van der Waals surface area contributed by atoms with E-state index in [1.165, 1.54) is 6.33 Å². The van der Waals surface area contributed by atoms with Gasteiger partial charge in [-0.25, -0.2) is 15.0 Å². The number of piperidine rings is 1. The zero-order valence-corrected chi connectivity index (χ0v) is 22.1. The van der Waals surface area contributed by atoms with E-state index in [9.17, 15) is 4.79 Å². The number of hydrogen-bond donors (Lipinski definition) is 3. The Kier molecular flexibility index (Phi) is 6.70. The maximum Gasteiger partial charge on any atom is 0.251 e. The number of likely N-dealkylation sites (tertiary alicyclic amines) is 1. The van der Waals surface area contributed by atoms with Crippen LogP contribution < -0.4 is 15.4 Å². The highest BCUT2D eigenvalue weighted by Gasteiger charge is 2.39. The van der Waals surface area contributed by atoms with Crippen molar-refractivity contribution in [1.29, 1.82) is 0 Å². The minimum Gasteiger partial charge on any atom is -0.493 e. The van der Waals surface area contributed by atoms with Gasteiger partial charge < -0.3 is 20.3 Å². The van der Waals surface area contributed by atoms with Gasteiger partial charge in [-0.3, -0.25) is 9.89 Å². The SMILES string of the molecule is Cc1cccc2c1OCC[C@@H]2NC(=O)c1cccc(NC2(c3nc(-c4ccncn4)n[nH]3)CCN(C)CC2)c1. The van der Waals surface area contributed by atoms with Crippen molar-refractivity contribution >= 4 is 11.6 Å². The van der Waals surface area contributed by atoms with Crippen LogP contribution >= 0.6 is 0 Å². The van der Waals surface area contributed by atoms with E-state index in [1.807, 2.05) is 49.4 Å². The van der Waals surface area contributed by atoms with Gasteiger partial charge in [-0.1, -0.05) is 24.3 Å². The van der Waals surface area contributed by atoms with Crippen LogP contribution in [0, 0.1) is 6.92 Å². The number of aromatic nitrogens is 5. The molecule has 200 valence electrons. The Morgan fingerprint density at radius 3 is 2.82 bits per heavy atom. The summed E-state index contributed by atoms with van der Waals surface area (Å²) < 4.78 is 5.88. The molecular formula is C29H32N8O2. The lowest BCUT2D eigenvalue weighted by Gasteiger charge is -2.40. The lowest BCUT2D eigenvalue weighted by molar-refractivity contribution is 0.0924. The maximum absolute atomic E-state index is 13.4. The van der Waals surface area contributed by atoms with Crippen LogP contribution in [0.5, 0.6) is 5.75 Å². The number of benzene rings is 2. The van der Waals surface area contributed by atoms with Crippen molar-refractivity contribution < 1.29 is 9.53 Å². The number of anilines is 1. The van der Waals surface area contributed by atoms with Crippen LogP contribution in [0.4, 0.5) is 5.69 Å². The topological polar surface area (TPSA) is 121 Å². The van der Waals surface area contributed by atoms with Crippen LogP contribution in [0.15, 0.2) is 61.1 Å². The second kappa shape index (κ2) is 10.5. The van der Waals surface area contributed by atoms with E-state index in [-0.39, 0.29) is 11.9 Å². The molecule has 6 rings (SSSR count). The predicted molar refractivity (Wildman–Crippen MR) is 147 cm³/mol. The van der Waals surface area contributed by atoms with E-state index in [0.29, 0.717) is 23.7 Å². The van der Waals surface area contributed by atoms with Gasteiger partial charge in [-0.05, 0) is 56.6 Å². The summed E-state index contributed by atoms with van der Waals surface area (Å²) in [5.41, 5.74) is 3.77. The average Bonchev–Trinajstić information content (AvgIpc) is 3.47. The molecule has 1 amide bonds. The van der Waals surface area contributed by atoms with Gasteiger partial charge in [0.2, 0.25) is 0 Å². The summed E-state index contributed by atoms with van der Waals surface area (Å²) >= 11 is 0. The van der Waals surface area contributed by atoms with Crippen molar-refractivity contribution in [2.24, 2.45) is 0 Å². The molecule has 0 saturated carbocycles. The summed E-state index contributed by atoms with van der Waals surface area (Å²) in [6.07, 6.45) is 5.56. The molecule has 2 aromatic heterocycles. The van der Waals surface area contributed by atoms with Crippen LogP contribution in [0.2, 0.25) is 0 Å². The third kappa shape index (κ3) is 5.07. The number of aromatic amines is 1. The van der Waals surface area contributed by atoms with Gasteiger partial charge in [0, 0.05) is 42.5 Å². The highest BCUT2D eigenvalue weighted by Crippen LogP contribution is 2.36. The number of aryl methyl sites for hydroxylation is 1. The van der Waals surface area contributed by atoms with E-state index in [1.54, 1.807) is 12.3 Å². The molecule has 2 aromatic carbocycles. The number of para-hydroxylation sites is 1. The molecule has 0 bridgehead atoms. The van der Waals surface area contributed by atoms with Crippen molar-refractivity contribution in [3.05, 3.63) is 83.6 Å². The van der Waals surface area contributed by atoms with E-state index in [4.69, 9.17) is 9.72 Å². The molecule has 1 atom stereocenters. The third-order valence-electron chi connectivity index (χ3n) is 7.67. The van der Waals surface area contributed by atoms with Gasteiger partial charge in [-0.15, -0.1) is 0 Å². The molecule has 1 saturated heterocycles. The van der Waals surface area contributed by atoms with Crippen molar-refractivity contribution in [3.63, 3.8) is 0 Å². The summed E-state index contributed by atoms with van der Waals surface area (Å²) in [6.45, 7) is 4.41. The number of carbonyl (C=O) groups is 1. The van der Waals surface area contributed by atoms with E-state index in [0.717, 1.165) is 60.7 Å². The maximum atomic E-state index is 13.4. The molecule has 2 aliphatic rings. The first kappa shape index (κ1) is 25.0. The van der Waals surface area contributed by atoms with Gasteiger partial charge in [0.15, 0.2) is 11.6 Å². The zero-order chi connectivity index (χ0) is 26.8. The van der Waals surface area contributed by atoms with E-state index < -0.39 is 5.54 Å². The number of hydrogen-bond acceptors (Lipinski definition) is 8. The Morgan fingerprint density at radius 2 is 2.00 bits per heavy atom. The molecular weight excluding hydrogens is 492 g/mol. The average molecular weight is 525 g/mol. The summed E-state index contributed by atoms with van der Waals surface area (Å²) in [7, 11) is 2.12. The minimum absolute atomic E-state index is 0.0904. The highest BCUT2D eigenvalue weighted by atomic mass is 16.5. The van der Waals surface area contributed by atoms with Gasteiger partial charge in [0.1, 0.15) is 17.8 Å². The van der Waals surface area contributed by atoms with Crippen LogP contribution in [0.1, 0.15) is 52.6 Å². The van der Waals surface area contributed by atoms with Crippen LogP contribution in [-0.2, 0) is 5.54 Å². The van der Waals surface area contributed by atoms with E-state index >= 15 is 0 Å². The quantitative estimate of drug-likeness (QED) is 0.348. The Labute approximate surface area is 227 Å². The van der Waals surface area contributed by atoms with Crippen molar-refractivity contribution in [1.82, 2.24) is 35.4 Å². The summed E-state index contributed by atoms with van der Waals surface area (Å²) in [4.78, 5) is 28.8. The van der Waals surface area contributed by atoms with Gasteiger partial charge in [0.25, 0.3) is 5.91 Å². The molecule has 4 heterocycles. The van der Waals surface area contributed by atoms with Crippen molar-refractivity contribution in [2.75, 3.05) is 32.1 Å². The molecule has 0 radical (unpaired) electrons. The number of rotatable bonds is 6. The van der Waals surface area contributed by atoms with Crippen LogP contribution in [-0.4, -0.2) is 62.7 Å². The van der Waals surface area contributed by atoms with Gasteiger partial charge in [0.05, 0.1) is 18.2 Å². The number of nitrogens with zero attached hydrogens (tertiary/aromatic N) is 5. The van der Waals surface area contributed by atoms with Crippen molar-refractivity contribution in [3.8, 4) is 17.3 Å². The Balaban J connectivity index is 1.24. The zero-order valence-electron chi connectivity index (χ0n) is 22.1. The second-order valence-electron chi connectivity index (χ2n) is 10.3. The van der Waals surface area contributed by atoms with E-state index in [2.05, 4.69) is 42.7 Å². The first-order valence-electron chi connectivity index (χ1n) is 13.3. The molecule has 4 aromatic rings. The Bertz CT molecular complexity index is 1460. The molecule has 2 aliphatic heterocycles. The lowest BCUT2D eigenvalue weighted by Crippen LogP contribution is -2.46. The summed E-state index contributed by atoms with van der Waals surface area (Å²) in [5.74, 6) is 2.06. The molecule has 10 heteroatoms. The van der Waals surface area contributed by atoms with Crippen LogP contribution in [0.25, 0.3) is 11.5 Å². The molecule has 1 fully saturated rings.